The summed E-state index contributed by atoms with van der Waals surface area (Å²) < 4.78 is 0. The van der Waals surface area contributed by atoms with E-state index >= 15 is 0 Å². The van der Waals surface area contributed by atoms with E-state index in [-0.39, 0.29) is 5.78 Å². The number of Topliss-reactive ketones (excluding diaryl/α,β-unsaturated/α-hetero) is 1. The number of piperidine rings is 1. The van der Waals surface area contributed by atoms with Gasteiger partial charge in [-0.25, -0.2) is 0 Å². The van der Waals surface area contributed by atoms with Gasteiger partial charge in [-0.15, -0.1) is 0 Å². The van der Waals surface area contributed by atoms with Crippen molar-refractivity contribution in [2.45, 2.75) is 26.2 Å². The number of oxime groups is 1. The molecule has 0 unspecified atom stereocenters. The van der Waals surface area contributed by atoms with Gasteiger partial charge in [0.15, 0.2) is 11.5 Å². The molecule has 0 saturated carbocycles. The average Bonchev–Trinajstić information content (AvgIpc) is 2.15. The number of hydrogen-bond donors (Lipinski definition) is 2. The molecular formula is C9H17N2O2+. The first-order valence-electron chi connectivity index (χ1n) is 4.79. The van der Waals surface area contributed by atoms with E-state index in [0.717, 1.165) is 13.1 Å². The quantitative estimate of drug-likeness (QED) is 0.353. The molecule has 0 bridgehead atoms. The van der Waals surface area contributed by atoms with Crippen LogP contribution in [0.4, 0.5) is 0 Å². The highest BCUT2D eigenvalue weighted by Gasteiger charge is 2.18. The molecule has 1 saturated heterocycles. The van der Waals surface area contributed by atoms with Gasteiger partial charge in [-0.2, -0.15) is 0 Å². The second-order valence-electron chi connectivity index (χ2n) is 3.59. The molecule has 1 aliphatic rings. The first-order valence-corrected chi connectivity index (χ1v) is 4.79. The van der Waals surface area contributed by atoms with Crippen molar-refractivity contribution in [3.63, 3.8) is 0 Å². The third-order valence-corrected chi connectivity index (χ3v) is 2.51. The summed E-state index contributed by atoms with van der Waals surface area (Å²) in [5, 5.41) is 11.6. The number of carbonyl (C=O) groups is 1. The van der Waals surface area contributed by atoms with Crippen molar-refractivity contribution in [1.82, 2.24) is 0 Å². The van der Waals surface area contributed by atoms with Gasteiger partial charge in [-0.1, -0.05) is 5.16 Å². The molecule has 0 aliphatic carbocycles. The van der Waals surface area contributed by atoms with Crippen LogP contribution in [-0.2, 0) is 4.79 Å². The van der Waals surface area contributed by atoms with Crippen molar-refractivity contribution >= 4 is 11.5 Å². The molecule has 0 aromatic rings. The van der Waals surface area contributed by atoms with Crippen molar-refractivity contribution in [2.24, 2.45) is 5.16 Å². The maximum Gasteiger partial charge on any atom is 0.183 e. The summed E-state index contributed by atoms with van der Waals surface area (Å²) in [5.41, 5.74) is 0.303. The Morgan fingerprint density at radius 1 is 1.38 bits per heavy atom. The lowest BCUT2D eigenvalue weighted by Crippen LogP contribution is -3.13. The maximum atomic E-state index is 10.9. The van der Waals surface area contributed by atoms with Crippen LogP contribution in [0.15, 0.2) is 5.16 Å². The molecule has 13 heavy (non-hydrogen) atoms. The Hall–Kier alpha value is -0.900. The molecule has 1 rings (SSSR count). The number of nitrogens with zero attached hydrogens (tertiary/aromatic N) is 1. The van der Waals surface area contributed by atoms with Crippen LogP contribution in [0, 0.1) is 0 Å². The molecule has 0 radical (unpaired) electrons. The molecule has 0 amide bonds. The zero-order valence-corrected chi connectivity index (χ0v) is 8.05. The number of nitrogens with one attached hydrogen (secondary N) is 1. The van der Waals surface area contributed by atoms with Crippen molar-refractivity contribution in [2.75, 3.05) is 19.6 Å². The second kappa shape index (κ2) is 4.97. The smallest absolute Gasteiger partial charge is 0.183 e. The van der Waals surface area contributed by atoms with Gasteiger partial charge in [0.05, 0.1) is 13.1 Å². The van der Waals surface area contributed by atoms with Crippen LogP contribution in [0.25, 0.3) is 0 Å². The van der Waals surface area contributed by atoms with Crippen LogP contribution in [0.2, 0.25) is 0 Å². The SMILES string of the molecule is CC(=O)/C(C[NH+]1CCCCC1)=N\O. The van der Waals surface area contributed by atoms with E-state index in [1.165, 1.54) is 31.1 Å². The first-order chi connectivity index (χ1) is 6.24. The molecule has 2 N–H and O–H groups in total. The van der Waals surface area contributed by atoms with E-state index < -0.39 is 0 Å². The Bertz CT molecular complexity index is 208. The third kappa shape index (κ3) is 3.14. The lowest BCUT2D eigenvalue weighted by molar-refractivity contribution is -0.895. The molecule has 0 spiro atoms. The fourth-order valence-corrected chi connectivity index (χ4v) is 1.70. The van der Waals surface area contributed by atoms with Crippen LogP contribution >= 0.6 is 0 Å². The van der Waals surface area contributed by atoms with Gasteiger partial charge in [0.1, 0.15) is 6.54 Å². The number of quaternary nitrogens is 1. The number of ketones is 1. The summed E-state index contributed by atoms with van der Waals surface area (Å²) >= 11 is 0. The Morgan fingerprint density at radius 2 is 2.00 bits per heavy atom. The molecular weight excluding hydrogens is 168 g/mol. The fraction of sp³-hybridized carbons (Fsp3) is 0.778. The predicted octanol–water partition coefficient (Wildman–Crippen LogP) is -0.526. The Balaban J connectivity index is 2.41. The maximum absolute atomic E-state index is 10.9. The van der Waals surface area contributed by atoms with E-state index in [0.29, 0.717) is 12.3 Å². The lowest BCUT2D eigenvalue weighted by Gasteiger charge is -2.22. The number of rotatable bonds is 3. The minimum atomic E-state index is -0.124. The molecule has 1 fully saturated rings. The van der Waals surface area contributed by atoms with Crippen molar-refractivity contribution < 1.29 is 14.9 Å². The summed E-state index contributed by atoms with van der Waals surface area (Å²) in [5.74, 6) is -0.124. The van der Waals surface area contributed by atoms with Gasteiger partial charge in [-0.05, 0) is 19.3 Å². The van der Waals surface area contributed by atoms with Gasteiger partial charge in [-0.3, -0.25) is 4.79 Å². The van der Waals surface area contributed by atoms with Crippen LogP contribution in [0.3, 0.4) is 0 Å². The number of carbonyl (C=O) groups excluding carboxylic acids is 1. The van der Waals surface area contributed by atoms with Gasteiger partial charge in [0, 0.05) is 6.92 Å². The van der Waals surface area contributed by atoms with Gasteiger partial charge in [0.25, 0.3) is 0 Å². The molecule has 74 valence electrons. The third-order valence-electron chi connectivity index (χ3n) is 2.51. The zero-order chi connectivity index (χ0) is 9.68. The van der Waals surface area contributed by atoms with Gasteiger partial charge >= 0.3 is 0 Å². The van der Waals surface area contributed by atoms with E-state index in [1.54, 1.807) is 0 Å². The molecule has 1 aliphatic heterocycles. The van der Waals surface area contributed by atoms with Gasteiger partial charge < -0.3 is 10.1 Å². The second-order valence-corrected chi connectivity index (χ2v) is 3.59. The summed E-state index contributed by atoms with van der Waals surface area (Å²) in [4.78, 5) is 12.3. The highest BCUT2D eigenvalue weighted by Crippen LogP contribution is 1.94. The van der Waals surface area contributed by atoms with Crippen LogP contribution in [0.5, 0.6) is 0 Å². The predicted molar refractivity (Wildman–Crippen MR) is 49.3 cm³/mol. The van der Waals surface area contributed by atoms with E-state index in [4.69, 9.17) is 5.21 Å². The number of hydrogen-bond acceptors (Lipinski definition) is 3. The highest BCUT2D eigenvalue weighted by molar-refractivity contribution is 6.39. The van der Waals surface area contributed by atoms with Crippen LogP contribution < -0.4 is 4.90 Å². The zero-order valence-electron chi connectivity index (χ0n) is 8.05. The minimum absolute atomic E-state index is 0.124. The molecule has 0 aromatic heterocycles. The monoisotopic (exact) mass is 185 g/mol. The molecule has 1 heterocycles. The Morgan fingerprint density at radius 3 is 2.46 bits per heavy atom. The number of likely N-dealkylation sites (tertiary alicyclic amines) is 1. The minimum Gasteiger partial charge on any atom is -0.410 e. The largest absolute Gasteiger partial charge is 0.410 e. The summed E-state index contributed by atoms with van der Waals surface area (Å²) in [6.45, 7) is 4.20. The molecule has 4 heteroatoms. The van der Waals surface area contributed by atoms with Gasteiger partial charge in [0.2, 0.25) is 0 Å². The molecule has 4 nitrogen and oxygen atoms in total. The fourth-order valence-electron chi connectivity index (χ4n) is 1.70. The average molecular weight is 185 g/mol. The first kappa shape index (κ1) is 10.2. The normalized spacial score (nSPS) is 20.2. The van der Waals surface area contributed by atoms with Crippen molar-refractivity contribution in [3.05, 3.63) is 0 Å². The van der Waals surface area contributed by atoms with E-state index in [1.807, 2.05) is 0 Å². The van der Waals surface area contributed by atoms with E-state index in [2.05, 4.69) is 5.16 Å². The van der Waals surface area contributed by atoms with Crippen LogP contribution in [0.1, 0.15) is 26.2 Å². The lowest BCUT2D eigenvalue weighted by atomic mass is 10.1. The highest BCUT2D eigenvalue weighted by atomic mass is 16.4. The standard InChI is InChI=1S/C9H16N2O2/c1-8(12)9(10-13)7-11-5-3-2-4-6-11/h13H,2-7H2,1H3/p+1/b10-9-. The molecule has 0 atom stereocenters. The Labute approximate surface area is 78.2 Å². The summed E-state index contributed by atoms with van der Waals surface area (Å²) in [6.07, 6.45) is 3.72. The van der Waals surface area contributed by atoms with Crippen molar-refractivity contribution in [3.8, 4) is 0 Å². The van der Waals surface area contributed by atoms with Crippen LogP contribution in [-0.4, -0.2) is 36.3 Å². The van der Waals surface area contributed by atoms with E-state index in [9.17, 15) is 4.79 Å². The van der Waals surface area contributed by atoms with Crippen molar-refractivity contribution in [1.29, 1.82) is 0 Å². The molecule has 0 aromatic carbocycles. The topological polar surface area (TPSA) is 54.1 Å². The summed E-state index contributed by atoms with van der Waals surface area (Å²) in [7, 11) is 0. The Kier molecular flexibility index (Phi) is 3.89. The summed E-state index contributed by atoms with van der Waals surface area (Å²) in [6, 6.07) is 0.